The van der Waals surface area contributed by atoms with Gasteiger partial charge in [0.2, 0.25) is 0 Å². The Hall–Kier alpha value is -3.80. The Kier molecular flexibility index (Phi) is 8.72. The molecule has 0 spiro atoms. The van der Waals surface area contributed by atoms with Crippen LogP contribution in [0.5, 0.6) is 11.5 Å². The summed E-state index contributed by atoms with van der Waals surface area (Å²) < 4.78 is 32.6. The Morgan fingerprint density at radius 1 is 1.00 bits per heavy atom. The van der Waals surface area contributed by atoms with Gasteiger partial charge in [0.05, 0.1) is 51.0 Å². The zero-order chi connectivity index (χ0) is 27.1. The van der Waals surface area contributed by atoms with Gasteiger partial charge in [-0.25, -0.2) is 9.37 Å². The highest BCUT2D eigenvalue weighted by atomic mass is 32.2. The van der Waals surface area contributed by atoms with Crippen LogP contribution in [-0.4, -0.2) is 36.1 Å². The van der Waals surface area contributed by atoms with Crippen LogP contribution < -0.4 is 9.47 Å². The van der Waals surface area contributed by atoms with Gasteiger partial charge in [0.1, 0.15) is 5.82 Å². The van der Waals surface area contributed by atoms with Gasteiger partial charge in [-0.1, -0.05) is 43.8 Å². The topological polar surface area (TPSA) is 69.3 Å². The third kappa shape index (κ3) is 6.01. The molecule has 0 bridgehead atoms. The zero-order valence-corrected chi connectivity index (χ0v) is 22.7. The minimum Gasteiger partial charge on any atom is -0.493 e. The highest BCUT2D eigenvalue weighted by Gasteiger charge is 2.30. The van der Waals surface area contributed by atoms with E-state index >= 15 is 0 Å². The normalized spacial score (nSPS) is 11.3. The first kappa shape index (κ1) is 27.2. The predicted octanol–water partition coefficient (Wildman–Crippen LogP) is 6.54. The van der Waals surface area contributed by atoms with E-state index < -0.39 is 5.41 Å². The van der Waals surface area contributed by atoms with Gasteiger partial charge in [0.15, 0.2) is 16.7 Å². The second-order valence-corrected chi connectivity index (χ2v) is 10.2. The standard InChI is InChI=1S/C30H30FN3O3S/c1-30(2,23-8-13-26(35-3)27(17-23)36-4)28-19-33-29(34(28)25-11-9-24(31)10-12-25)38-15-14-37-20-22-7-5-6-21(16-22)18-32/h5-13,16-17,19H,14-15,20H2,1-4H3. The van der Waals surface area contributed by atoms with Crippen molar-refractivity contribution in [1.82, 2.24) is 9.55 Å². The minimum absolute atomic E-state index is 0.294. The summed E-state index contributed by atoms with van der Waals surface area (Å²) in [6.45, 7) is 5.18. The summed E-state index contributed by atoms with van der Waals surface area (Å²) in [5.74, 6) is 1.69. The highest BCUT2D eigenvalue weighted by Crippen LogP contribution is 2.39. The molecule has 0 radical (unpaired) electrons. The molecule has 0 aliphatic carbocycles. The summed E-state index contributed by atoms with van der Waals surface area (Å²) in [5.41, 5.74) is 3.92. The van der Waals surface area contributed by atoms with Crippen molar-refractivity contribution in [2.45, 2.75) is 31.0 Å². The van der Waals surface area contributed by atoms with Crippen molar-refractivity contribution in [1.29, 1.82) is 5.26 Å². The fourth-order valence-corrected chi connectivity index (χ4v) is 5.05. The fourth-order valence-electron chi connectivity index (χ4n) is 4.20. The number of methoxy groups -OCH3 is 2. The second kappa shape index (κ2) is 12.2. The number of rotatable bonds is 11. The second-order valence-electron chi connectivity index (χ2n) is 9.15. The Morgan fingerprint density at radius 3 is 2.47 bits per heavy atom. The van der Waals surface area contributed by atoms with Crippen molar-refractivity contribution >= 4 is 11.8 Å². The third-order valence-electron chi connectivity index (χ3n) is 6.34. The molecular weight excluding hydrogens is 501 g/mol. The van der Waals surface area contributed by atoms with E-state index in [1.165, 1.54) is 12.1 Å². The number of thioether (sulfide) groups is 1. The molecule has 3 aromatic carbocycles. The molecular formula is C30H30FN3O3S. The molecule has 0 unspecified atom stereocenters. The molecule has 0 aliphatic rings. The molecule has 0 aliphatic heterocycles. The number of aromatic nitrogens is 2. The predicted molar refractivity (Wildman–Crippen MR) is 147 cm³/mol. The van der Waals surface area contributed by atoms with Crippen LogP contribution in [0.1, 0.15) is 36.2 Å². The van der Waals surface area contributed by atoms with Crippen molar-refractivity contribution in [3.05, 3.63) is 101 Å². The summed E-state index contributed by atoms with van der Waals surface area (Å²) in [5, 5.41) is 9.87. The number of halogens is 1. The Morgan fingerprint density at radius 2 is 1.76 bits per heavy atom. The molecule has 0 N–H and O–H groups in total. The monoisotopic (exact) mass is 531 g/mol. The van der Waals surface area contributed by atoms with Crippen molar-refractivity contribution < 1.29 is 18.6 Å². The van der Waals surface area contributed by atoms with Gasteiger partial charge >= 0.3 is 0 Å². The van der Waals surface area contributed by atoms with E-state index in [0.717, 1.165) is 27.7 Å². The molecule has 4 rings (SSSR count). The zero-order valence-electron chi connectivity index (χ0n) is 21.9. The van der Waals surface area contributed by atoms with E-state index in [2.05, 4.69) is 24.5 Å². The van der Waals surface area contributed by atoms with Crippen LogP contribution in [0, 0.1) is 17.1 Å². The molecule has 38 heavy (non-hydrogen) atoms. The van der Waals surface area contributed by atoms with Gasteiger partial charge in [-0.3, -0.25) is 4.57 Å². The molecule has 6 nitrogen and oxygen atoms in total. The lowest BCUT2D eigenvalue weighted by Crippen LogP contribution is -2.23. The number of hydrogen-bond donors (Lipinski definition) is 0. The fraction of sp³-hybridized carbons (Fsp3) is 0.267. The van der Waals surface area contributed by atoms with Crippen molar-refractivity contribution in [2.24, 2.45) is 0 Å². The maximum absolute atomic E-state index is 13.8. The summed E-state index contributed by atoms with van der Waals surface area (Å²) >= 11 is 1.57. The van der Waals surface area contributed by atoms with Crippen molar-refractivity contribution in [3.8, 4) is 23.3 Å². The highest BCUT2D eigenvalue weighted by molar-refractivity contribution is 7.99. The Labute approximate surface area is 227 Å². The van der Waals surface area contributed by atoms with E-state index in [1.54, 1.807) is 44.2 Å². The molecule has 0 fully saturated rings. The van der Waals surface area contributed by atoms with E-state index in [1.807, 2.05) is 42.6 Å². The van der Waals surface area contributed by atoms with Crippen molar-refractivity contribution in [3.63, 3.8) is 0 Å². The maximum atomic E-state index is 13.8. The largest absolute Gasteiger partial charge is 0.493 e. The summed E-state index contributed by atoms with van der Waals surface area (Å²) in [7, 11) is 3.23. The van der Waals surface area contributed by atoms with E-state index in [4.69, 9.17) is 24.5 Å². The minimum atomic E-state index is -0.456. The first-order valence-corrected chi connectivity index (χ1v) is 13.1. The molecule has 0 atom stereocenters. The summed E-state index contributed by atoms with van der Waals surface area (Å²) in [4.78, 5) is 4.75. The number of nitrogens with zero attached hydrogens (tertiary/aromatic N) is 3. The van der Waals surface area contributed by atoms with Crippen LogP contribution in [0.25, 0.3) is 5.69 Å². The molecule has 8 heteroatoms. The van der Waals surface area contributed by atoms with Gasteiger partial charge in [0.25, 0.3) is 0 Å². The van der Waals surface area contributed by atoms with Gasteiger partial charge in [0, 0.05) is 16.9 Å². The maximum Gasteiger partial charge on any atom is 0.172 e. The Bertz CT molecular complexity index is 1430. The Balaban J connectivity index is 1.57. The van der Waals surface area contributed by atoms with E-state index in [9.17, 15) is 4.39 Å². The van der Waals surface area contributed by atoms with Crippen LogP contribution in [0.4, 0.5) is 4.39 Å². The van der Waals surface area contributed by atoms with Crippen LogP contribution in [-0.2, 0) is 16.8 Å². The number of imidazole rings is 1. The number of hydrogen-bond acceptors (Lipinski definition) is 6. The first-order valence-electron chi connectivity index (χ1n) is 12.1. The van der Waals surface area contributed by atoms with E-state index in [-0.39, 0.29) is 5.82 Å². The molecule has 0 saturated carbocycles. The third-order valence-corrected chi connectivity index (χ3v) is 7.26. The summed E-state index contributed by atoms with van der Waals surface area (Å²) in [6.07, 6.45) is 1.87. The lowest BCUT2D eigenvalue weighted by Gasteiger charge is -2.28. The number of nitriles is 1. The molecule has 0 amide bonds. The SMILES string of the molecule is COc1ccc(C(C)(C)c2cnc(SCCOCc3cccc(C#N)c3)n2-c2ccc(F)cc2)cc1OC. The number of ether oxygens (including phenoxy) is 3. The number of benzene rings is 3. The molecule has 196 valence electrons. The van der Waals surface area contributed by atoms with Crippen LogP contribution in [0.2, 0.25) is 0 Å². The lowest BCUT2D eigenvalue weighted by molar-refractivity contribution is 0.136. The van der Waals surface area contributed by atoms with Gasteiger partial charge in [-0.15, -0.1) is 0 Å². The average molecular weight is 532 g/mol. The van der Waals surface area contributed by atoms with Crippen molar-refractivity contribution in [2.75, 3.05) is 26.6 Å². The molecule has 4 aromatic rings. The van der Waals surface area contributed by atoms with Gasteiger partial charge < -0.3 is 14.2 Å². The smallest absolute Gasteiger partial charge is 0.172 e. The summed E-state index contributed by atoms with van der Waals surface area (Å²) in [6, 6.07) is 21.9. The van der Waals surface area contributed by atoms with Crippen LogP contribution in [0.3, 0.4) is 0 Å². The van der Waals surface area contributed by atoms with Crippen LogP contribution >= 0.6 is 11.8 Å². The molecule has 1 aromatic heterocycles. The van der Waals surface area contributed by atoms with Crippen LogP contribution in [0.15, 0.2) is 78.1 Å². The lowest BCUT2D eigenvalue weighted by atomic mass is 9.81. The average Bonchev–Trinajstić information content (AvgIpc) is 3.37. The molecule has 1 heterocycles. The van der Waals surface area contributed by atoms with Gasteiger partial charge in [-0.2, -0.15) is 5.26 Å². The first-order chi connectivity index (χ1) is 18.4. The van der Waals surface area contributed by atoms with E-state index in [0.29, 0.717) is 36.0 Å². The molecule has 0 saturated heterocycles. The quantitative estimate of drug-likeness (QED) is 0.162. The van der Waals surface area contributed by atoms with Gasteiger partial charge in [-0.05, 0) is 59.7 Å².